The van der Waals surface area contributed by atoms with Gasteiger partial charge >= 0.3 is 6.18 Å². The molecule has 0 spiro atoms. The van der Waals surface area contributed by atoms with Gasteiger partial charge in [-0.25, -0.2) is 4.98 Å². The molecule has 0 atom stereocenters. The lowest BCUT2D eigenvalue weighted by Crippen LogP contribution is -2.35. The van der Waals surface area contributed by atoms with E-state index in [0.29, 0.717) is 41.1 Å². The summed E-state index contributed by atoms with van der Waals surface area (Å²) in [5, 5.41) is 15.9. The lowest BCUT2D eigenvalue weighted by Gasteiger charge is -2.27. The third-order valence-corrected chi connectivity index (χ3v) is 9.23. The second kappa shape index (κ2) is 13.7. The van der Waals surface area contributed by atoms with E-state index in [1.807, 2.05) is 6.07 Å². The van der Waals surface area contributed by atoms with Gasteiger partial charge in [0.05, 0.1) is 45.2 Å². The highest BCUT2D eigenvalue weighted by molar-refractivity contribution is 6.10. The minimum absolute atomic E-state index is 0.0494. The molecule has 9 nitrogen and oxygen atoms in total. The third-order valence-electron chi connectivity index (χ3n) is 9.23. The summed E-state index contributed by atoms with van der Waals surface area (Å²) < 4.78 is 51.6. The van der Waals surface area contributed by atoms with E-state index in [0.717, 1.165) is 31.7 Å². The number of nitrogens with zero attached hydrogens (tertiary/aromatic N) is 4. The number of nitrogens with one attached hydrogen (secondary N) is 2. The predicted molar refractivity (Wildman–Crippen MR) is 180 cm³/mol. The largest absolute Gasteiger partial charge is 0.417 e. The number of fused-ring (bicyclic) bond motifs is 2. The summed E-state index contributed by atoms with van der Waals surface area (Å²) in [7, 11) is 3.40. The van der Waals surface area contributed by atoms with Gasteiger partial charge in [0.15, 0.2) is 0 Å². The van der Waals surface area contributed by atoms with Gasteiger partial charge in [0.25, 0.3) is 0 Å². The van der Waals surface area contributed by atoms with Gasteiger partial charge in [-0.3, -0.25) is 9.59 Å². The van der Waals surface area contributed by atoms with Crippen molar-refractivity contribution in [2.45, 2.75) is 50.9 Å². The molecule has 1 amide bonds. The number of hydrogen-bond acceptors (Lipinski definition) is 6. The van der Waals surface area contributed by atoms with Crippen molar-refractivity contribution in [3.63, 3.8) is 0 Å². The highest BCUT2D eigenvalue weighted by Crippen LogP contribution is 2.41. The van der Waals surface area contributed by atoms with Crippen LogP contribution in [0.3, 0.4) is 0 Å². The van der Waals surface area contributed by atoms with Gasteiger partial charge < -0.3 is 24.3 Å². The van der Waals surface area contributed by atoms with Crippen LogP contribution in [-0.4, -0.2) is 51.4 Å². The molecule has 3 heterocycles. The number of nitriles is 1. The predicted octanol–water partition coefficient (Wildman–Crippen LogP) is 6.96. The Morgan fingerprint density at radius 3 is 2.55 bits per heavy atom. The van der Waals surface area contributed by atoms with Crippen LogP contribution < -0.4 is 10.6 Å². The summed E-state index contributed by atoms with van der Waals surface area (Å²) in [6.45, 7) is 2.25. The number of methoxy groups -OCH3 is 1. The lowest BCUT2D eigenvalue weighted by molar-refractivity contribution is -0.137. The fraction of sp³-hybridized carbons (Fsp3) is 0.297. The van der Waals surface area contributed by atoms with Crippen LogP contribution in [0, 0.1) is 18.3 Å². The Labute approximate surface area is 281 Å². The number of carbonyl (C=O) groups excluding carboxylic acids is 2. The third kappa shape index (κ3) is 6.86. The first-order valence-corrected chi connectivity index (χ1v) is 16.0. The van der Waals surface area contributed by atoms with E-state index < -0.39 is 23.4 Å². The number of rotatable bonds is 9. The van der Waals surface area contributed by atoms with Gasteiger partial charge in [-0.15, -0.1) is 0 Å². The van der Waals surface area contributed by atoms with Crippen LogP contribution in [0.1, 0.15) is 58.7 Å². The molecule has 1 aliphatic carbocycles. The van der Waals surface area contributed by atoms with Crippen molar-refractivity contribution >= 4 is 33.9 Å². The van der Waals surface area contributed by atoms with E-state index in [1.54, 1.807) is 62.2 Å². The molecule has 0 unspecified atom stereocenters. The molecule has 12 heteroatoms. The first-order valence-electron chi connectivity index (χ1n) is 16.0. The van der Waals surface area contributed by atoms with Crippen molar-refractivity contribution in [1.29, 1.82) is 5.26 Å². The van der Waals surface area contributed by atoms with Crippen LogP contribution in [0.5, 0.6) is 0 Å². The number of pyridine rings is 1. The molecule has 0 saturated heterocycles. The highest BCUT2D eigenvalue weighted by atomic mass is 19.4. The SMILES string of the molecule is COC1CCC(NC/C=C/C(=O)Nc2ccc(C(=O)c3ccc4c(-c5cc6nc(C)n(C)c6cc5C(F)(F)F)cccn34)cc2C#N)CC1. The van der Waals surface area contributed by atoms with Crippen molar-refractivity contribution in [2.24, 2.45) is 7.05 Å². The average Bonchev–Trinajstić information content (AvgIpc) is 3.65. The Balaban J connectivity index is 1.21. The quantitative estimate of drug-likeness (QED) is 0.130. The normalized spacial score (nSPS) is 16.8. The van der Waals surface area contributed by atoms with Crippen LogP contribution in [-0.2, 0) is 22.8 Å². The number of amides is 1. The zero-order valence-electron chi connectivity index (χ0n) is 27.3. The van der Waals surface area contributed by atoms with E-state index in [9.17, 15) is 28.0 Å². The standard InChI is InChI=1S/C37H35F3N6O3/c1-22-43-31-19-28(29(37(38,39)40)20-34(31)45(22)2)27-6-5-17-46-32(27)14-15-33(46)36(48)23-8-13-30(24(18-23)21-41)44-35(47)7-4-16-42-25-9-11-26(49-3)12-10-25/h4-8,13-15,17-20,25-26,42H,9-12,16H2,1-3H3,(H,44,47)/b7-4+. The van der Waals surface area contributed by atoms with E-state index >= 15 is 0 Å². The van der Waals surface area contributed by atoms with Crippen LogP contribution in [0.15, 0.2) is 72.9 Å². The molecule has 49 heavy (non-hydrogen) atoms. The first-order chi connectivity index (χ1) is 23.5. The van der Waals surface area contributed by atoms with Crippen LogP contribution in [0.25, 0.3) is 27.7 Å². The minimum atomic E-state index is -4.64. The second-order valence-corrected chi connectivity index (χ2v) is 12.2. The van der Waals surface area contributed by atoms with E-state index in [4.69, 9.17) is 4.74 Å². The maximum atomic E-state index is 14.4. The van der Waals surface area contributed by atoms with Gasteiger partial charge in [-0.1, -0.05) is 12.1 Å². The average molecular weight is 669 g/mol. The summed E-state index contributed by atoms with van der Waals surface area (Å²) in [6.07, 6.45) is 4.42. The second-order valence-electron chi connectivity index (χ2n) is 12.2. The number of benzene rings is 2. The number of carbonyl (C=O) groups is 2. The molecule has 0 radical (unpaired) electrons. The maximum absolute atomic E-state index is 14.4. The van der Waals surface area contributed by atoms with Gasteiger partial charge in [-0.05, 0) is 86.7 Å². The minimum Gasteiger partial charge on any atom is -0.381 e. The first kappa shape index (κ1) is 33.6. The number of alkyl halides is 3. The monoisotopic (exact) mass is 668 g/mol. The number of ether oxygens (including phenoxy) is 1. The van der Waals surface area contributed by atoms with Crippen molar-refractivity contribution < 1.29 is 27.5 Å². The summed E-state index contributed by atoms with van der Waals surface area (Å²) in [4.78, 5) is 30.7. The van der Waals surface area contributed by atoms with Crippen LogP contribution in [0.2, 0.25) is 0 Å². The van der Waals surface area contributed by atoms with Gasteiger partial charge in [0.1, 0.15) is 11.9 Å². The molecule has 2 aromatic carbocycles. The Morgan fingerprint density at radius 1 is 1.06 bits per heavy atom. The molecule has 0 bridgehead atoms. The van der Waals surface area contributed by atoms with Crippen molar-refractivity contribution in [3.05, 3.63) is 101 Å². The number of imidazole rings is 1. The van der Waals surface area contributed by atoms with Crippen molar-refractivity contribution in [1.82, 2.24) is 19.3 Å². The number of ketones is 1. The molecular formula is C37H35F3N6O3. The highest BCUT2D eigenvalue weighted by Gasteiger charge is 2.35. The molecule has 252 valence electrons. The molecule has 3 aromatic heterocycles. The smallest absolute Gasteiger partial charge is 0.381 e. The molecule has 6 rings (SSSR count). The molecule has 1 aliphatic rings. The summed E-state index contributed by atoms with van der Waals surface area (Å²) in [5.74, 6) is -0.275. The Kier molecular flexibility index (Phi) is 9.41. The van der Waals surface area contributed by atoms with Crippen molar-refractivity contribution in [2.75, 3.05) is 19.0 Å². The topological polar surface area (TPSA) is 113 Å². The summed E-state index contributed by atoms with van der Waals surface area (Å²) >= 11 is 0. The molecular weight excluding hydrogens is 633 g/mol. The molecule has 1 saturated carbocycles. The zero-order chi connectivity index (χ0) is 34.9. The van der Waals surface area contributed by atoms with Gasteiger partial charge in [-0.2, -0.15) is 18.4 Å². The summed E-state index contributed by atoms with van der Waals surface area (Å²) in [5.41, 5.74) is 1.35. The Hall–Kier alpha value is -5.25. The maximum Gasteiger partial charge on any atom is 0.417 e. The van der Waals surface area contributed by atoms with Gasteiger partial charge in [0, 0.05) is 50.1 Å². The Bertz CT molecular complexity index is 2130. The number of aryl methyl sites for hydroxylation is 2. The number of hydrogen-bond donors (Lipinski definition) is 2. The molecule has 0 aliphatic heterocycles. The lowest BCUT2D eigenvalue weighted by atomic mass is 9.93. The van der Waals surface area contributed by atoms with E-state index in [-0.39, 0.29) is 33.6 Å². The van der Waals surface area contributed by atoms with Gasteiger partial charge in [0.2, 0.25) is 11.7 Å². The molecule has 1 fully saturated rings. The van der Waals surface area contributed by atoms with Crippen molar-refractivity contribution in [3.8, 4) is 17.2 Å². The van der Waals surface area contributed by atoms with E-state index in [1.165, 1.54) is 34.7 Å². The number of anilines is 1. The number of halogens is 3. The fourth-order valence-electron chi connectivity index (χ4n) is 6.48. The summed E-state index contributed by atoms with van der Waals surface area (Å²) in [6, 6.07) is 15.6. The number of aromatic nitrogens is 3. The van der Waals surface area contributed by atoms with E-state index in [2.05, 4.69) is 15.6 Å². The fourth-order valence-corrected chi connectivity index (χ4v) is 6.48. The van der Waals surface area contributed by atoms with Crippen LogP contribution >= 0.6 is 0 Å². The molecule has 5 aromatic rings. The Morgan fingerprint density at radius 2 is 1.84 bits per heavy atom. The van der Waals surface area contributed by atoms with Crippen LogP contribution in [0.4, 0.5) is 18.9 Å². The zero-order valence-corrected chi connectivity index (χ0v) is 27.3. The molecule has 2 N–H and O–H groups in total.